The van der Waals surface area contributed by atoms with Gasteiger partial charge >= 0.3 is 0 Å². The van der Waals surface area contributed by atoms with E-state index in [-0.39, 0.29) is 5.41 Å². The minimum absolute atomic E-state index is 0.0772. The lowest BCUT2D eigenvalue weighted by Gasteiger charge is -2.59. The molecule has 4 bridgehead atoms. The lowest BCUT2D eigenvalue weighted by Crippen LogP contribution is -2.52. The zero-order valence-electron chi connectivity index (χ0n) is 11.1. The van der Waals surface area contributed by atoms with E-state index in [1.165, 1.54) is 56.5 Å². The summed E-state index contributed by atoms with van der Waals surface area (Å²) in [6.07, 6.45) is 9.75. The van der Waals surface area contributed by atoms with Gasteiger partial charge in [-0.25, -0.2) is 0 Å². The molecular weight excluding hydrogens is 238 g/mol. The quantitative estimate of drug-likeness (QED) is 0.709. The van der Waals surface area contributed by atoms with Gasteiger partial charge < -0.3 is 0 Å². The molecule has 2 heteroatoms. The second-order valence-corrected chi connectivity index (χ2v) is 8.56. The van der Waals surface area contributed by atoms with Crippen LogP contribution >= 0.6 is 11.8 Å². The Morgan fingerprint density at radius 1 is 0.889 bits per heavy atom. The van der Waals surface area contributed by atoms with Crippen LogP contribution in [0, 0.1) is 46.3 Å². The predicted molar refractivity (Wildman–Crippen MR) is 75.1 cm³/mol. The number of hydrogen-bond acceptors (Lipinski definition) is 2. The topological polar surface area (TPSA) is 23.8 Å². The van der Waals surface area contributed by atoms with Crippen LogP contribution in [0.2, 0.25) is 0 Å². The molecule has 0 unspecified atom stereocenters. The summed E-state index contributed by atoms with van der Waals surface area (Å²) in [7, 11) is 0. The summed E-state index contributed by atoms with van der Waals surface area (Å²) >= 11 is 2.06. The Hall–Kier alpha value is -0.160. The molecule has 18 heavy (non-hydrogen) atoms. The van der Waals surface area contributed by atoms with Crippen molar-refractivity contribution in [1.29, 1.82) is 5.26 Å². The lowest BCUT2D eigenvalue weighted by molar-refractivity contribution is -0.0824. The molecular formula is C16H23NS. The zero-order valence-corrected chi connectivity index (χ0v) is 11.9. The van der Waals surface area contributed by atoms with Crippen LogP contribution in [0.25, 0.3) is 0 Å². The van der Waals surface area contributed by atoms with Gasteiger partial charge in [0, 0.05) is 0 Å². The number of thioether (sulfide) groups is 1. The van der Waals surface area contributed by atoms with Gasteiger partial charge in [-0.15, -0.1) is 0 Å². The van der Waals surface area contributed by atoms with Crippen LogP contribution in [0.5, 0.6) is 0 Å². The third kappa shape index (κ3) is 1.59. The predicted octanol–water partition coefficient (Wildman–Crippen LogP) is 4.10. The largest absolute Gasteiger partial charge is 0.198 e. The highest BCUT2D eigenvalue weighted by atomic mass is 32.2. The first-order valence-corrected chi connectivity index (χ1v) is 8.95. The molecule has 1 nitrogen and oxygen atoms in total. The van der Waals surface area contributed by atoms with Crippen LogP contribution in [-0.2, 0) is 0 Å². The first-order chi connectivity index (χ1) is 8.81. The summed E-state index contributed by atoms with van der Waals surface area (Å²) in [4.78, 5) is 0. The van der Waals surface area contributed by atoms with Crippen molar-refractivity contribution in [3.8, 4) is 6.07 Å². The maximum atomic E-state index is 9.87. The second kappa shape index (κ2) is 4.17. The third-order valence-electron chi connectivity index (χ3n) is 6.47. The van der Waals surface area contributed by atoms with Crippen LogP contribution < -0.4 is 0 Å². The average molecular weight is 261 g/mol. The van der Waals surface area contributed by atoms with Gasteiger partial charge in [0.15, 0.2) is 0 Å². The Kier molecular flexibility index (Phi) is 2.70. The van der Waals surface area contributed by atoms with Gasteiger partial charge in [-0.05, 0) is 86.0 Å². The molecule has 5 rings (SSSR count). The fourth-order valence-corrected chi connectivity index (χ4v) is 7.30. The van der Waals surface area contributed by atoms with E-state index in [1.54, 1.807) is 0 Å². The molecule has 4 aliphatic carbocycles. The van der Waals surface area contributed by atoms with Gasteiger partial charge in [-0.3, -0.25) is 0 Å². The van der Waals surface area contributed by atoms with E-state index in [1.807, 2.05) is 0 Å². The molecule has 0 radical (unpaired) electrons. The molecule has 4 saturated carbocycles. The molecule has 98 valence electrons. The molecule has 1 heterocycles. The van der Waals surface area contributed by atoms with Crippen LogP contribution in [0.4, 0.5) is 0 Å². The highest BCUT2D eigenvalue weighted by molar-refractivity contribution is 7.99. The van der Waals surface area contributed by atoms with Crippen molar-refractivity contribution in [3.05, 3.63) is 0 Å². The molecule has 1 saturated heterocycles. The molecule has 0 N–H and O–H groups in total. The third-order valence-corrected chi connectivity index (χ3v) is 7.46. The van der Waals surface area contributed by atoms with Gasteiger partial charge in [0.1, 0.15) is 0 Å². The zero-order chi connectivity index (χ0) is 12.2. The summed E-state index contributed by atoms with van der Waals surface area (Å²) in [5.41, 5.74) is 0.0772. The molecule has 0 amide bonds. The van der Waals surface area contributed by atoms with E-state index >= 15 is 0 Å². The number of nitriles is 1. The summed E-state index contributed by atoms with van der Waals surface area (Å²) in [5, 5.41) is 9.87. The van der Waals surface area contributed by atoms with Gasteiger partial charge in [0.05, 0.1) is 11.5 Å². The van der Waals surface area contributed by atoms with E-state index in [0.29, 0.717) is 0 Å². The molecule has 0 aromatic heterocycles. The van der Waals surface area contributed by atoms with Crippen LogP contribution in [0.1, 0.15) is 44.9 Å². The molecule has 5 aliphatic rings. The number of rotatable bonds is 1. The van der Waals surface area contributed by atoms with Crippen molar-refractivity contribution in [2.24, 2.45) is 35.0 Å². The molecule has 0 atom stereocenters. The van der Waals surface area contributed by atoms with Crippen molar-refractivity contribution >= 4 is 11.8 Å². The SMILES string of the molecule is N#CC1(C2C3CC4CC(C3)CC2C4)CCSCC1. The van der Waals surface area contributed by atoms with E-state index in [4.69, 9.17) is 0 Å². The smallest absolute Gasteiger partial charge is 0.0693 e. The minimum atomic E-state index is 0.0772. The highest BCUT2D eigenvalue weighted by Crippen LogP contribution is 2.62. The normalized spacial score (nSPS) is 48.9. The molecule has 0 aromatic rings. The van der Waals surface area contributed by atoms with Crippen LogP contribution in [0.15, 0.2) is 0 Å². The van der Waals surface area contributed by atoms with Crippen molar-refractivity contribution in [1.82, 2.24) is 0 Å². The molecule has 5 fully saturated rings. The number of hydrogen-bond donors (Lipinski definition) is 0. The maximum Gasteiger partial charge on any atom is 0.0693 e. The summed E-state index contributed by atoms with van der Waals surface area (Å²) in [5.74, 6) is 7.16. The van der Waals surface area contributed by atoms with Gasteiger partial charge in [-0.1, -0.05) is 0 Å². The van der Waals surface area contributed by atoms with Gasteiger partial charge in [0.25, 0.3) is 0 Å². The summed E-state index contributed by atoms with van der Waals surface area (Å²) in [6, 6.07) is 2.83. The van der Waals surface area contributed by atoms with E-state index in [0.717, 1.165) is 29.6 Å². The Morgan fingerprint density at radius 3 is 1.94 bits per heavy atom. The van der Waals surface area contributed by atoms with Crippen LogP contribution in [0.3, 0.4) is 0 Å². The van der Waals surface area contributed by atoms with Crippen molar-refractivity contribution in [2.45, 2.75) is 44.9 Å². The monoisotopic (exact) mass is 261 g/mol. The Bertz CT molecular complexity index is 349. The fraction of sp³-hybridized carbons (Fsp3) is 0.938. The standard InChI is InChI=1S/C16H23NS/c17-10-16(1-3-18-4-2-16)15-13-6-11-5-12(8-13)9-14(15)7-11/h11-15H,1-9H2. The Balaban J connectivity index is 1.65. The van der Waals surface area contributed by atoms with E-state index in [9.17, 15) is 5.26 Å². The molecule has 0 spiro atoms. The molecule has 1 aliphatic heterocycles. The Morgan fingerprint density at radius 2 is 1.44 bits per heavy atom. The Labute approximate surface area is 115 Å². The fourth-order valence-electron chi connectivity index (χ4n) is 6.08. The van der Waals surface area contributed by atoms with Gasteiger partial charge in [-0.2, -0.15) is 17.0 Å². The summed E-state index contributed by atoms with van der Waals surface area (Å²) < 4.78 is 0. The minimum Gasteiger partial charge on any atom is -0.198 e. The van der Waals surface area contributed by atoms with Crippen LogP contribution in [-0.4, -0.2) is 11.5 Å². The van der Waals surface area contributed by atoms with Gasteiger partial charge in [0.2, 0.25) is 0 Å². The van der Waals surface area contributed by atoms with E-state index < -0.39 is 0 Å². The van der Waals surface area contributed by atoms with E-state index in [2.05, 4.69) is 17.8 Å². The first kappa shape index (κ1) is 11.6. The second-order valence-electron chi connectivity index (χ2n) is 7.34. The number of nitrogens with zero attached hydrogens (tertiary/aromatic N) is 1. The van der Waals surface area contributed by atoms with Crippen molar-refractivity contribution in [3.63, 3.8) is 0 Å². The van der Waals surface area contributed by atoms with Crippen molar-refractivity contribution < 1.29 is 0 Å². The average Bonchev–Trinajstić information content (AvgIpc) is 2.38. The maximum absolute atomic E-state index is 9.87. The molecule has 0 aromatic carbocycles. The highest BCUT2D eigenvalue weighted by Gasteiger charge is 2.55. The lowest BCUT2D eigenvalue weighted by atomic mass is 9.46. The van der Waals surface area contributed by atoms with Crippen molar-refractivity contribution in [2.75, 3.05) is 11.5 Å². The first-order valence-electron chi connectivity index (χ1n) is 7.80. The summed E-state index contributed by atoms with van der Waals surface area (Å²) in [6.45, 7) is 0.